The molecule has 2 aromatic rings. The molecule has 3 rings (SSSR count). The van der Waals surface area contributed by atoms with Gasteiger partial charge in [-0.1, -0.05) is 19.1 Å². The second kappa shape index (κ2) is 5.90. The van der Waals surface area contributed by atoms with Gasteiger partial charge in [-0.3, -0.25) is 4.68 Å². The molecule has 0 saturated carbocycles. The highest BCUT2D eigenvalue weighted by Crippen LogP contribution is 2.35. The fraction of sp³-hybridized carbons (Fsp3) is 0.471. The second-order valence-electron chi connectivity index (χ2n) is 5.55. The van der Waals surface area contributed by atoms with E-state index >= 15 is 0 Å². The molecule has 0 fully saturated rings. The van der Waals surface area contributed by atoms with Gasteiger partial charge in [-0.15, -0.1) is 0 Å². The number of rotatable bonds is 5. The molecule has 4 heteroatoms. The summed E-state index contributed by atoms with van der Waals surface area (Å²) in [7, 11) is 0. The average Bonchev–Trinajstić information content (AvgIpc) is 3.09. The van der Waals surface area contributed by atoms with Gasteiger partial charge in [-0.25, -0.2) is 0 Å². The van der Waals surface area contributed by atoms with Crippen LogP contribution < -0.4 is 10.5 Å². The Morgan fingerprint density at radius 1 is 1.38 bits per heavy atom. The van der Waals surface area contributed by atoms with E-state index in [-0.39, 0.29) is 6.04 Å². The maximum atomic E-state index is 6.12. The lowest BCUT2D eigenvalue weighted by atomic mass is 10.1. The van der Waals surface area contributed by atoms with Crippen molar-refractivity contribution < 1.29 is 4.74 Å². The lowest BCUT2D eigenvalue weighted by molar-refractivity contribution is 0.290. The minimum Gasteiger partial charge on any atom is -0.487 e. The summed E-state index contributed by atoms with van der Waals surface area (Å²) in [6.07, 6.45) is 2.98. The van der Waals surface area contributed by atoms with Gasteiger partial charge < -0.3 is 10.5 Å². The lowest BCUT2D eigenvalue weighted by Gasteiger charge is -2.12. The van der Waals surface area contributed by atoms with Crippen molar-refractivity contribution in [2.75, 3.05) is 0 Å². The first-order chi connectivity index (χ1) is 10.2. The Bertz CT molecular complexity index is 633. The quantitative estimate of drug-likeness (QED) is 0.919. The molecule has 1 atom stereocenters. The van der Waals surface area contributed by atoms with E-state index in [0.717, 1.165) is 42.9 Å². The van der Waals surface area contributed by atoms with Gasteiger partial charge in [0.25, 0.3) is 0 Å². The van der Waals surface area contributed by atoms with E-state index in [2.05, 4.69) is 31.1 Å². The molecule has 0 aliphatic heterocycles. The summed E-state index contributed by atoms with van der Waals surface area (Å²) < 4.78 is 8.09. The van der Waals surface area contributed by atoms with Crippen molar-refractivity contribution >= 4 is 0 Å². The van der Waals surface area contributed by atoms with E-state index in [9.17, 15) is 0 Å². The maximum Gasteiger partial charge on any atom is 0.130 e. The number of aromatic nitrogens is 2. The van der Waals surface area contributed by atoms with Crippen LogP contribution in [0.25, 0.3) is 0 Å². The SMILES string of the molecule is CCc1cc(COc2cccc3c2CCC3N)n(CC)n1. The minimum atomic E-state index is 0.163. The largest absolute Gasteiger partial charge is 0.487 e. The Labute approximate surface area is 125 Å². The fourth-order valence-corrected chi connectivity index (χ4v) is 3.02. The summed E-state index contributed by atoms with van der Waals surface area (Å²) >= 11 is 0. The molecular weight excluding hydrogens is 262 g/mol. The van der Waals surface area contributed by atoms with Crippen LogP contribution in [0.4, 0.5) is 0 Å². The van der Waals surface area contributed by atoms with Crippen LogP contribution in [0, 0.1) is 0 Å². The molecule has 2 N–H and O–H groups in total. The number of benzene rings is 1. The number of nitrogens with two attached hydrogens (primary N) is 1. The molecule has 0 bridgehead atoms. The Kier molecular flexibility index (Phi) is 3.97. The van der Waals surface area contributed by atoms with Crippen molar-refractivity contribution in [1.82, 2.24) is 9.78 Å². The van der Waals surface area contributed by atoms with E-state index in [1.165, 1.54) is 11.1 Å². The summed E-state index contributed by atoms with van der Waals surface area (Å²) in [5.74, 6) is 0.974. The average molecular weight is 285 g/mol. The molecule has 0 radical (unpaired) electrons. The third-order valence-corrected chi connectivity index (χ3v) is 4.23. The Morgan fingerprint density at radius 2 is 2.24 bits per heavy atom. The third-order valence-electron chi connectivity index (χ3n) is 4.23. The van der Waals surface area contributed by atoms with Gasteiger partial charge in [0.1, 0.15) is 12.4 Å². The van der Waals surface area contributed by atoms with Crippen molar-refractivity contribution in [1.29, 1.82) is 0 Å². The zero-order valence-electron chi connectivity index (χ0n) is 12.8. The number of aryl methyl sites for hydroxylation is 2. The van der Waals surface area contributed by atoms with E-state index in [4.69, 9.17) is 10.5 Å². The van der Waals surface area contributed by atoms with Crippen LogP contribution in [0.15, 0.2) is 24.3 Å². The molecule has 21 heavy (non-hydrogen) atoms. The Morgan fingerprint density at radius 3 is 3.00 bits per heavy atom. The van der Waals surface area contributed by atoms with Gasteiger partial charge in [0, 0.05) is 12.6 Å². The van der Waals surface area contributed by atoms with E-state index < -0.39 is 0 Å². The van der Waals surface area contributed by atoms with Crippen molar-refractivity contribution in [2.24, 2.45) is 5.73 Å². The first kappa shape index (κ1) is 14.1. The highest BCUT2D eigenvalue weighted by atomic mass is 16.5. The highest BCUT2D eigenvalue weighted by molar-refractivity contribution is 5.45. The van der Waals surface area contributed by atoms with Gasteiger partial charge in [0.15, 0.2) is 0 Å². The Hall–Kier alpha value is -1.81. The molecule has 0 amide bonds. The van der Waals surface area contributed by atoms with E-state index in [1.54, 1.807) is 0 Å². The van der Waals surface area contributed by atoms with Crippen LogP contribution in [0.3, 0.4) is 0 Å². The zero-order valence-corrected chi connectivity index (χ0v) is 12.8. The van der Waals surface area contributed by atoms with Crippen LogP contribution in [0.5, 0.6) is 5.75 Å². The van der Waals surface area contributed by atoms with Gasteiger partial charge >= 0.3 is 0 Å². The summed E-state index contributed by atoms with van der Waals surface area (Å²) in [5.41, 5.74) is 10.9. The zero-order chi connectivity index (χ0) is 14.8. The molecule has 112 valence electrons. The Balaban J connectivity index is 1.78. The van der Waals surface area contributed by atoms with E-state index in [1.807, 2.05) is 16.8 Å². The number of fused-ring (bicyclic) bond motifs is 1. The molecule has 1 aliphatic carbocycles. The molecule has 0 saturated heterocycles. The first-order valence-corrected chi connectivity index (χ1v) is 7.78. The van der Waals surface area contributed by atoms with Gasteiger partial charge in [0.05, 0.1) is 11.4 Å². The third kappa shape index (κ3) is 2.68. The predicted octanol–water partition coefficient (Wildman–Crippen LogP) is 2.99. The molecule has 0 spiro atoms. The second-order valence-corrected chi connectivity index (χ2v) is 5.55. The van der Waals surface area contributed by atoms with Gasteiger partial charge in [-0.2, -0.15) is 5.10 Å². The smallest absolute Gasteiger partial charge is 0.130 e. The van der Waals surface area contributed by atoms with Crippen LogP contribution >= 0.6 is 0 Å². The van der Waals surface area contributed by atoms with Crippen LogP contribution in [0.2, 0.25) is 0 Å². The molecule has 4 nitrogen and oxygen atoms in total. The molecule has 1 heterocycles. The van der Waals surface area contributed by atoms with Crippen LogP contribution in [-0.4, -0.2) is 9.78 Å². The van der Waals surface area contributed by atoms with Crippen LogP contribution in [-0.2, 0) is 26.0 Å². The predicted molar refractivity (Wildman–Crippen MR) is 83.3 cm³/mol. The monoisotopic (exact) mass is 285 g/mol. The molecule has 1 aromatic heterocycles. The van der Waals surface area contributed by atoms with E-state index in [0.29, 0.717) is 6.61 Å². The number of hydrogen-bond acceptors (Lipinski definition) is 3. The van der Waals surface area contributed by atoms with Crippen molar-refractivity contribution in [3.63, 3.8) is 0 Å². The topological polar surface area (TPSA) is 53.1 Å². The van der Waals surface area contributed by atoms with Crippen molar-refractivity contribution in [3.8, 4) is 5.75 Å². The highest BCUT2D eigenvalue weighted by Gasteiger charge is 2.22. The first-order valence-electron chi connectivity index (χ1n) is 7.78. The van der Waals surface area contributed by atoms with Gasteiger partial charge in [-0.05, 0) is 49.4 Å². The maximum absolute atomic E-state index is 6.12. The van der Waals surface area contributed by atoms with Crippen molar-refractivity contribution in [3.05, 3.63) is 46.8 Å². The molecular formula is C17H23N3O. The van der Waals surface area contributed by atoms with Crippen molar-refractivity contribution in [2.45, 2.75) is 52.3 Å². The number of ether oxygens (including phenoxy) is 1. The molecule has 1 unspecified atom stereocenters. The summed E-state index contributed by atoms with van der Waals surface area (Å²) in [6.45, 7) is 5.66. The number of nitrogens with zero attached hydrogens (tertiary/aromatic N) is 2. The normalized spacial score (nSPS) is 17.0. The fourth-order valence-electron chi connectivity index (χ4n) is 3.02. The minimum absolute atomic E-state index is 0.163. The number of hydrogen-bond donors (Lipinski definition) is 1. The standard InChI is InChI=1S/C17H23N3O/c1-3-12-10-13(20(4-2)19-12)11-21-17-7-5-6-14-15(17)8-9-16(14)18/h5-7,10,16H,3-4,8-9,11,18H2,1-2H3. The lowest BCUT2D eigenvalue weighted by Crippen LogP contribution is -2.07. The van der Waals surface area contributed by atoms with Gasteiger partial charge in [0.2, 0.25) is 0 Å². The summed E-state index contributed by atoms with van der Waals surface area (Å²) in [4.78, 5) is 0. The molecule has 1 aromatic carbocycles. The van der Waals surface area contributed by atoms with Crippen LogP contribution in [0.1, 0.15) is 48.8 Å². The molecule has 1 aliphatic rings. The summed E-state index contributed by atoms with van der Waals surface area (Å²) in [6, 6.07) is 8.50. The summed E-state index contributed by atoms with van der Waals surface area (Å²) in [5, 5.41) is 4.56.